The van der Waals surface area contributed by atoms with Gasteiger partial charge in [0.2, 0.25) is 5.88 Å². The number of benzene rings is 2. The molecule has 0 saturated carbocycles. The Morgan fingerprint density at radius 1 is 1.00 bits per heavy atom. The number of hydrogen-bond acceptors (Lipinski definition) is 3. The van der Waals surface area contributed by atoms with Gasteiger partial charge in [0.15, 0.2) is 0 Å². The van der Waals surface area contributed by atoms with Crippen LogP contribution in [0, 0.1) is 0 Å². The molecule has 1 aromatic heterocycles. The van der Waals surface area contributed by atoms with Gasteiger partial charge in [-0.2, -0.15) is 0 Å². The highest BCUT2D eigenvalue weighted by molar-refractivity contribution is 6.42. The van der Waals surface area contributed by atoms with Crippen LogP contribution in [-0.2, 0) is 6.61 Å². The van der Waals surface area contributed by atoms with Crippen molar-refractivity contribution in [2.75, 3.05) is 0 Å². The maximum atomic E-state index is 9.31. The fraction of sp³-hybridized carbons (Fsp3) is 0.0625. The summed E-state index contributed by atoms with van der Waals surface area (Å²) >= 11 is 11.9. The second-order valence-corrected chi connectivity index (χ2v) is 5.29. The second kappa shape index (κ2) is 5.90. The minimum absolute atomic E-state index is 0.150. The average Bonchev–Trinajstić information content (AvgIpc) is 2.51. The maximum Gasteiger partial charge on any atom is 0.227 e. The molecule has 0 bridgehead atoms. The van der Waals surface area contributed by atoms with Gasteiger partial charge in [0.05, 0.1) is 22.3 Å². The summed E-state index contributed by atoms with van der Waals surface area (Å²) in [6.07, 6.45) is 0. The molecule has 0 spiro atoms. The van der Waals surface area contributed by atoms with E-state index in [-0.39, 0.29) is 6.61 Å². The van der Waals surface area contributed by atoms with E-state index in [9.17, 15) is 5.11 Å². The predicted octanol–water partition coefficient (Wildman–Crippen LogP) is 4.83. The SMILES string of the molecule is OCc1cc2ccccc2c(Oc2ccc(Cl)c(Cl)c2)n1. The number of rotatable bonds is 3. The van der Waals surface area contributed by atoms with Crippen molar-refractivity contribution in [3.8, 4) is 11.6 Å². The second-order valence-electron chi connectivity index (χ2n) is 4.48. The van der Waals surface area contributed by atoms with Crippen molar-refractivity contribution < 1.29 is 9.84 Å². The topological polar surface area (TPSA) is 42.4 Å². The standard InChI is InChI=1S/C16H11Cl2NO2/c17-14-6-5-12(8-15(14)18)21-16-13-4-2-1-3-10(13)7-11(9-20)19-16/h1-8,20H,9H2. The molecular formula is C16H11Cl2NO2. The molecule has 0 saturated heterocycles. The molecule has 0 unspecified atom stereocenters. The molecule has 0 fully saturated rings. The van der Waals surface area contributed by atoms with E-state index in [0.29, 0.717) is 27.4 Å². The van der Waals surface area contributed by atoms with Crippen LogP contribution in [-0.4, -0.2) is 10.1 Å². The van der Waals surface area contributed by atoms with Crippen LogP contribution in [0.2, 0.25) is 10.0 Å². The molecule has 3 nitrogen and oxygen atoms in total. The van der Waals surface area contributed by atoms with E-state index in [1.54, 1.807) is 18.2 Å². The number of pyridine rings is 1. The molecule has 0 aliphatic heterocycles. The Bertz CT molecular complexity index is 805. The average molecular weight is 320 g/mol. The molecule has 0 atom stereocenters. The Morgan fingerprint density at radius 3 is 2.57 bits per heavy atom. The number of ether oxygens (including phenoxy) is 1. The Balaban J connectivity index is 2.08. The number of aliphatic hydroxyl groups is 1. The van der Waals surface area contributed by atoms with Gasteiger partial charge in [-0.1, -0.05) is 41.4 Å². The van der Waals surface area contributed by atoms with Crippen LogP contribution in [0.1, 0.15) is 5.69 Å². The van der Waals surface area contributed by atoms with E-state index in [2.05, 4.69) is 4.98 Å². The molecule has 2 aromatic carbocycles. The fourth-order valence-corrected chi connectivity index (χ4v) is 2.32. The summed E-state index contributed by atoms with van der Waals surface area (Å²) < 4.78 is 5.80. The van der Waals surface area contributed by atoms with Crippen LogP contribution in [0.25, 0.3) is 10.8 Å². The van der Waals surface area contributed by atoms with Crippen molar-refractivity contribution in [3.63, 3.8) is 0 Å². The third-order valence-electron chi connectivity index (χ3n) is 3.03. The van der Waals surface area contributed by atoms with Gasteiger partial charge < -0.3 is 9.84 Å². The van der Waals surface area contributed by atoms with E-state index in [4.69, 9.17) is 27.9 Å². The number of aliphatic hydroxyl groups excluding tert-OH is 1. The largest absolute Gasteiger partial charge is 0.438 e. The zero-order chi connectivity index (χ0) is 14.8. The van der Waals surface area contributed by atoms with Crippen LogP contribution >= 0.6 is 23.2 Å². The normalized spacial score (nSPS) is 10.8. The van der Waals surface area contributed by atoms with Crippen molar-refractivity contribution >= 4 is 34.0 Å². The molecule has 1 N–H and O–H groups in total. The molecule has 21 heavy (non-hydrogen) atoms. The number of hydrogen-bond donors (Lipinski definition) is 1. The Hall–Kier alpha value is -1.81. The zero-order valence-corrected chi connectivity index (χ0v) is 12.4. The Labute approximate surface area is 131 Å². The lowest BCUT2D eigenvalue weighted by Gasteiger charge is -2.10. The molecule has 0 aliphatic rings. The van der Waals surface area contributed by atoms with Gasteiger partial charge in [-0.15, -0.1) is 0 Å². The minimum atomic E-state index is -0.150. The fourth-order valence-electron chi connectivity index (χ4n) is 2.03. The highest BCUT2D eigenvalue weighted by Crippen LogP contribution is 2.32. The highest BCUT2D eigenvalue weighted by atomic mass is 35.5. The van der Waals surface area contributed by atoms with Crippen LogP contribution in [0.4, 0.5) is 0 Å². The first-order valence-corrected chi connectivity index (χ1v) is 7.05. The Morgan fingerprint density at radius 2 is 1.81 bits per heavy atom. The first-order valence-electron chi connectivity index (χ1n) is 6.30. The van der Waals surface area contributed by atoms with E-state index < -0.39 is 0 Å². The van der Waals surface area contributed by atoms with E-state index in [1.165, 1.54) is 0 Å². The summed E-state index contributed by atoms with van der Waals surface area (Å²) in [5, 5.41) is 12.0. The van der Waals surface area contributed by atoms with Gasteiger partial charge >= 0.3 is 0 Å². The summed E-state index contributed by atoms with van der Waals surface area (Å²) in [4.78, 5) is 4.32. The summed E-state index contributed by atoms with van der Waals surface area (Å²) in [6.45, 7) is -0.150. The lowest BCUT2D eigenvalue weighted by molar-refractivity contribution is 0.275. The lowest BCUT2D eigenvalue weighted by Crippen LogP contribution is -1.95. The summed E-state index contributed by atoms with van der Waals surface area (Å²) in [5.74, 6) is 0.965. The first kappa shape index (κ1) is 14.1. The van der Waals surface area contributed by atoms with Gasteiger partial charge in [0.1, 0.15) is 5.75 Å². The van der Waals surface area contributed by atoms with Crippen molar-refractivity contribution in [2.24, 2.45) is 0 Å². The molecule has 3 rings (SSSR count). The Kier molecular flexibility index (Phi) is 3.97. The lowest BCUT2D eigenvalue weighted by atomic mass is 10.1. The summed E-state index contributed by atoms with van der Waals surface area (Å²) in [6, 6.07) is 14.5. The van der Waals surface area contributed by atoms with Gasteiger partial charge in [-0.3, -0.25) is 0 Å². The maximum absolute atomic E-state index is 9.31. The molecule has 5 heteroatoms. The van der Waals surface area contributed by atoms with Gasteiger partial charge in [-0.05, 0) is 29.7 Å². The number of nitrogens with zero attached hydrogens (tertiary/aromatic N) is 1. The molecule has 0 aliphatic carbocycles. The van der Waals surface area contributed by atoms with Crippen LogP contribution < -0.4 is 4.74 Å². The van der Waals surface area contributed by atoms with Crippen molar-refractivity contribution in [1.82, 2.24) is 4.98 Å². The third-order valence-corrected chi connectivity index (χ3v) is 3.77. The van der Waals surface area contributed by atoms with Crippen LogP contribution in [0.15, 0.2) is 48.5 Å². The molecule has 1 heterocycles. The van der Waals surface area contributed by atoms with Gasteiger partial charge in [-0.25, -0.2) is 4.98 Å². The molecule has 0 radical (unpaired) electrons. The van der Waals surface area contributed by atoms with Crippen molar-refractivity contribution in [2.45, 2.75) is 6.61 Å². The minimum Gasteiger partial charge on any atom is -0.438 e. The van der Waals surface area contributed by atoms with Gasteiger partial charge in [0.25, 0.3) is 0 Å². The quantitative estimate of drug-likeness (QED) is 0.752. The van der Waals surface area contributed by atoms with E-state index >= 15 is 0 Å². The highest BCUT2D eigenvalue weighted by Gasteiger charge is 2.09. The van der Waals surface area contributed by atoms with E-state index in [1.807, 2.05) is 30.3 Å². The summed E-state index contributed by atoms with van der Waals surface area (Å²) in [5.41, 5.74) is 0.545. The van der Waals surface area contributed by atoms with Crippen molar-refractivity contribution in [3.05, 3.63) is 64.3 Å². The zero-order valence-electron chi connectivity index (χ0n) is 10.9. The molecular weight excluding hydrogens is 309 g/mol. The monoisotopic (exact) mass is 319 g/mol. The van der Waals surface area contributed by atoms with E-state index in [0.717, 1.165) is 10.8 Å². The first-order chi connectivity index (χ1) is 10.2. The summed E-state index contributed by atoms with van der Waals surface area (Å²) in [7, 11) is 0. The number of halogens is 2. The molecule has 106 valence electrons. The van der Waals surface area contributed by atoms with Crippen LogP contribution in [0.5, 0.6) is 11.6 Å². The smallest absolute Gasteiger partial charge is 0.227 e. The predicted molar refractivity (Wildman–Crippen MR) is 84.2 cm³/mol. The third kappa shape index (κ3) is 2.95. The van der Waals surface area contributed by atoms with Gasteiger partial charge in [0, 0.05) is 11.5 Å². The van der Waals surface area contributed by atoms with Crippen molar-refractivity contribution in [1.29, 1.82) is 0 Å². The van der Waals surface area contributed by atoms with Crippen LogP contribution in [0.3, 0.4) is 0 Å². The number of fused-ring (bicyclic) bond motifs is 1. The number of aromatic nitrogens is 1. The molecule has 3 aromatic rings. The molecule has 0 amide bonds.